The van der Waals surface area contributed by atoms with Crippen molar-refractivity contribution < 1.29 is 13.2 Å². The fourth-order valence-electron chi connectivity index (χ4n) is 1.70. The van der Waals surface area contributed by atoms with Crippen LogP contribution in [-0.2, 0) is 10.0 Å². The zero-order chi connectivity index (χ0) is 15.2. The van der Waals surface area contributed by atoms with Crippen molar-refractivity contribution in [2.45, 2.75) is 20.8 Å². The normalized spacial score (nSPS) is 12.2. The van der Waals surface area contributed by atoms with Crippen molar-refractivity contribution in [3.8, 4) is 0 Å². The summed E-state index contributed by atoms with van der Waals surface area (Å²) < 4.78 is 26.0. The standard InChI is InChI=1S/C14H22N2O3S/c1-14(2,3)11-20(18,19)16-10-9-15-13(17)12-7-5-4-6-8-12/h4-8,16H,9-11H2,1-3H3,(H,15,17). The van der Waals surface area contributed by atoms with Gasteiger partial charge < -0.3 is 5.32 Å². The number of hydrogen-bond acceptors (Lipinski definition) is 3. The highest BCUT2D eigenvalue weighted by atomic mass is 32.2. The summed E-state index contributed by atoms with van der Waals surface area (Å²) in [6.07, 6.45) is 0. The molecule has 0 fully saturated rings. The molecule has 1 amide bonds. The lowest BCUT2D eigenvalue weighted by molar-refractivity contribution is 0.0954. The van der Waals surface area contributed by atoms with Crippen molar-refractivity contribution in [3.05, 3.63) is 35.9 Å². The summed E-state index contributed by atoms with van der Waals surface area (Å²) in [7, 11) is -3.30. The molecule has 0 saturated heterocycles. The molecule has 0 unspecified atom stereocenters. The molecule has 0 aliphatic rings. The van der Waals surface area contributed by atoms with Gasteiger partial charge in [0.2, 0.25) is 10.0 Å². The van der Waals surface area contributed by atoms with Gasteiger partial charge in [0, 0.05) is 18.7 Å². The summed E-state index contributed by atoms with van der Waals surface area (Å²) in [5.74, 6) is -0.146. The third-order valence-electron chi connectivity index (χ3n) is 2.39. The van der Waals surface area contributed by atoms with Crippen molar-refractivity contribution in [1.29, 1.82) is 0 Å². The Bertz CT molecular complexity index is 533. The lowest BCUT2D eigenvalue weighted by Gasteiger charge is -2.18. The Kier molecular flexibility index (Phi) is 5.71. The first-order valence-corrected chi connectivity index (χ1v) is 8.15. The van der Waals surface area contributed by atoms with E-state index in [1.807, 2.05) is 26.8 Å². The fourth-order valence-corrected chi connectivity index (χ4v) is 3.35. The first kappa shape index (κ1) is 16.7. The van der Waals surface area contributed by atoms with Crippen LogP contribution in [-0.4, -0.2) is 33.2 Å². The first-order valence-electron chi connectivity index (χ1n) is 6.50. The highest BCUT2D eigenvalue weighted by Crippen LogP contribution is 2.14. The Hall–Kier alpha value is -1.40. The first-order chi connectivity index (χ1) is 9.20. The van der Waals surface area contributed by atoms with E-state index in [1.54, 1.807) is 24.3 Å². The van der Waals surface area contributed by atoms with Crippen molar-refractivity contribution in [1.82, 2.24) is 10.0 Å². The zero-order valence-corrected chi connectivity index (χ0v) is 13.0. The minimum Gasteiger partial charge on any atom is -0.351 e. The van der Waals surface area contributed by atoms with Gasteiger partial charge in [0.1, 0.15) is 0 Å². The molecule has 1 aromatic rings. The Morgan fingerprint density at radius 3 is 2.25 bits per heavy atom. The second-order valence-corrected chi connectivity index (χ2v) is 7.64. The minimum atomic E-state index is -3.30. The van der Waals surface area contributed by atoms with Crippen LogP contribution < -0.4 is 10.0 Å². The van der Waals surface area contributed by atoms with Gasteiger partial charge in [0.15, 0.2) is 0 Å². The van der Waals surface area contributed by atoms with Gasteiger partial charge in [-0.05, 0) is 17.5 Å². The highest BCUT2D eigenvalue weighted by Gasteiger charge is 2.20. The van der Waals surface area contributed by atoms with Crippen LogP contribution in [0, 0.1) is 5.41 Å². The lowest BCUT2D eigenvalue weighted by Crippen LogP contribution is -2.38. The molecule has 5 nitrogen and oxygen atoms in total. The number of hydrogen-bond donors (Lipinski definition) is 2. The van der Waals surface area contributed by atoms with E-state index in [9.17, 15) is 13.2 Å². The summed E-state index contributed by atoms with van der Waals surface area (Å²) >= 11 is 0. The van der Waals surface area contributed by atoms with E-state index in [0.29, 0.717) is 5.56 Å². The van der Waals surface area contributed by atoms with Crippen LogP contribution in [0.1, 0.15) is 31.1 Å². The van der Waals surface area contributed by atoms with Gasteiger partial charge in [-0.3, -0.25) is 4.79 Å². The average Bonchev–Trinajstić information content (AvgIpc) is 2.32. The predicted molar refractivity (Wildman–Crippen MR) is 80.0 cm³/mol. The molecule has 1 rings (SSSR count). The van der Waals surface area contributed by atoms with E-state index in [4.69, 9.17) is 0 Å². The van der Waals surface area contributed by atoms with Crippen molar-refractivity contribution in [3.63, 3.8) is 0 Å². The summed E-state index contributed by atoms with van der Waals surface area (Å²) in [4.78, 5) is 11.7. The molecular weight excluding hydrogens is 276 g/mol. The third kappa shape index (κ3) is 6.68. The van der Waals surface area contributed by atoms with Crippen molar-refractivity contribution in [2.75, 3.05) is 18.8 Å². The average molecular weight is 298 g/mol. The summed E-state index contributed by atoms with van der Waals surface area (Å²) in [6.45, 7) is 6.05. The molecule has 112 valence electrons. The molecule has 0 bridgehead atoms. The van der Waals surface area contributed by atoms with Crippen LogP contribution in [0.5, 0.6) is 0 Å². The smallest absolute Gasteiger partial charge is 0.251 e. The van der Waals surface area contributed by atoms with E-state index in [1.165, 1.54) is 0 Å². The number of carbonyl (C=O) groups excluding carboxylic acids is 1. The fraction of sp³-hybridized carbons (Fsp3) is 0.500. The molecule has 0 saturated carbocycles. The number of benzene rings is 1. The maximum absolute atomic E-state index is 11.7. The quantitative estimate of drug-likeness (QED) is 0.779. The summed E-state index contributed by atoms with van der Waals surface area (Å²) in [5.41, 5.74) is 0.268. The van der Waals surface area contributed by atoms with Crippen LogP contribution in [0.3, 0.4) is 0 Å². The van der Waals surface area contributed by atoms with E-state index >= 15 is 0 Å². The molecule has 6 heteroatoms. The van der Waals surface area contributed by atoms with Crippen molar-refractivity contribution in [2.24, 2.45) is 5.41 Å². The van der Waals surface area contributed by atoms with Gasteiger partial charge in [-0.2, -0.15) is 0 Å². The number of amides is 1. The van der Waals surface area contributed by atoms with Gasteiger partial charge in [-0.1, -0.05) is 39.0 Å². The third-order valence-corrected chi connectivity index (χ3v) is 4.28. The zero-order valence-electron chi connectivity index (χ0n) is 12.1. The number of sulfonamides is 1. The molecule has 0 aromatic heterocycles. The van der Waals surface area contributed by atoms with Gasteiger partial charge in [-0.15, -0.1) is 0 Å². The maximum atomic E-state index is 11.7. The molecule has 0 radical (unpaired) electrons. The van der Waals surface area contributed by atoms with Gasteiger partial charge in [0.05, 0.1) is 5.75 Å². The van der Waals surface area contributed by atoms with Crippen LogP contribution in [0.25, 0.3) is 0 Å². The predicted octanol–water partition coefficient (Wildman–Crippen LogP) is 1.38. The van der Waals surface area contributed by atoms with E-state index in [-0.39, 0.29) is 30.2 Å². The lowest BCUT2D eigenvalue weighted by atomic mass is 10.0. The Morgan fingerprint density at radius 1 is 1.10 bits per heavy atom. The molecule has 2 N–H and O–H groups in total. The Balaban J connectivity index is 2.34. The molecule has 0 aliphatic heterocycles. The van der Waals surface area contributed by atoms with Crippen LogP contribution >= 0.6 is 0 Å². The second-order valence-electron chi connectivity index (χ2n) is 5.84. The molecular formula is C14H22N2O3S. The van der Waals surface area contributed by atoms with Crippen molar-refractivity contribution >= 4 is 15.9 Å². The van der Waals surface area contributed by atoms with Crippen LogP contribution in [0.4, 0.5) is 0 Å². The molecule has 0 heterocycles. The summed E-state index contributed by atoms with van der Waals surface area (Å²) in [6, 6.07) is 8.80. The molecule has 20 heavy (non-hydrogen) atoms. The van der Waals surface area contributed by atoms with Gasteiger partial charge in [0.25, 0.3) is 5.91 Å². The SMILES string of the molecule is CC(C)(C)CS(=O)(=O)NCCNC(=O)c1ccccc1. The van der Waals surface area contributed by atoms with Gasteiger partial charge in [-0.25, -0.2) is 13.1 Å². The Morgan fingerprint density at radius 2 is 1.70 bits per heavy atom. The van der Waals surface area contributed by atoms with Gasteiger partial charge >= 0.3 is 0 Å². The monoisotopic (exact) mass is 298 g/mol. The number of rotatable bonds is 6. The number of carbonyl (C=O) groups is 1. The topological polar surface area (TPSA) is 75.3 Å². The summed E-state index contributed by atoms with van der Waals surface area (Å²) in [5, 5.41) is 2.67. The maximum Gasteiger partial charge on any atom is 0.251 e. The Labute approximate surface area is 120 Å². The van der Waals surface area contributed by atoms with E-state index in [0.717, 1.165) is 0 Å². The van der Waals surface area contributed by atoms with E-state index < -0.39 is 10.0 Å². The highest BCUT2D eigenvalue weighted by molar-refractivity contribution is 7.89. The molecule has 1 aromatic carbocycles. The molecule has 0 atom stereocenters. The molecule has 0 spiro atoms. The molecule has 0 aliphatic carbocycles. The number of nitrogens with one attached hydrogen (secondary N) is 2. The van der Waals surface area contributed by atoms with Crippen LogP contribution in [0.2, 0.25) is 0 Å². The van der Waals surface area contributed by atoms with Crippen LogP contribution in [0.15, 0.2) is 30.3 Å². The largest absolute Gasteiger partial charge is 0.351 e. The van der Waals surface area contributed by atoms with E-state index in [2.05, 4.69) is 10.0 Å². The minimum absolute atomic E-state index is 0.0621. The second kappa shape index (κ2) is 6.85.